The maximum atomic E-state index is 11.7. The van der Waals surface area contributed by atoms with Crippen molar-refractivity contribution in [2.24, 2.45) is 0 Å². The number of rotatable bonds is 0. The molecule has 0 atom stereocenters. The summed E-state index contributed by atoms with van der Waals surface area (Å²) in [6, 6.07) is 3.74. The Labute approximate surface area is 107 Å². The van der Waals surface area contributed by atoms with Crippen LogP contribution in [0.4, 0.5) is 11.4 Å². The first-order chi connectivity index (χ1) is 7.82. The number of anilines is 2. The summed E-state index contributed by atoms with van der Waals surface area (Å²) in [4.78, 5) is 13.5. The maximum absolute atomic E-state index is 11.7. The van der Waals surface area contributed by atoms with Gasteiger partial charge in [0.2, 0.25) is 5.91 Å². The SMILES string of the molecule is CC(=O)N1CC(C)(C)Nc2c1ccc(Cl)c2C. The van der Waals surface area contributed by atoms with E-state index >= 15 is 0 Å². The molecule has 4 heteroatoms. The first-order valence-corrected chi connectivity index (χ1v) is 6.05. The van der Waals surface area contributed by atoms with E-state index in [0.717, 1.165) is 22.0 Å². The van der Waals surface area contributed by atoms with Crippen molar-refractivity contribution >= 4 is 28.9 Å². The minimum Gasteiger partial charge on any atom is -0.376 e. The van der Waals surface area contributed by atoms with Gasteiger partial charge in [0.15, 0.2) is 0 Å². The van der Waals surface area contributed by atoms with E-state index < -0.39 is 0 Å². The third-order valence-corrected chi connectivity index (χ3v) is 3.47. The summed E-state index contributed by atoms with van der Waals surface area (Å²) in [6.45, 7) is 8.37. The summed E-state index contributed by atoms with van der Waals surface area (Å²) in [5, 5.41) is 4.17. The predicted octanol–water partition coefficient (Wildman–Crippen LogP) is 3.21. The van der Waals surface area contributed by atoms with Crippen LogP contribution in [-0.4, -0.2) is 18.0 Å². The van der Waals surface area contributed by atoms with E-state index in [1.807, 2.05) is 19.1 Å². The third-order valence-electron chi connectivity index (χ3n) is 3.06. The van der Waals surface area contributed by atoms with Crippen LogP contribution in [0.15, 0.2) is 12.1 Å². The molecule has 1 aliphatic heterocycles. The molecule has 0 saturated heterocycles. The van der Waals surface area contributed by atoms with E-state index in [1.165, 1.54) is 0 Å². The fraction of sp³-hybridized carbons (Fsp3) is 0.462. The van der Waals surface area contributed by atoms with Crippen LogP contribution in [0.25, 0.3) is 0 Å². The highest BCUT2D eigenvalue weighted by Crippen LogP contribution is 2.39. The first-order valence-electron chi connectivity index (χ1n) is 5.67. The standard InChI is InChI=1S/C13H17ClN2O/c1-8-10(14)5-6-11-12(8)15-13(3,4)7-16(11)9(2)17/h5-6,15H,7H2,1-4H3. The number of nitrogens with one attached hydrogen (secondary N) is 1. The van der Waals surface area contributed by atoms with Crippen molar-refractivity contribution < 1.29 is 4.79 Å². The fourth-order valence-electron chi connectivity index (χ4n) is 2.19. The van der Waals surface area contributed by atoms with Crippen LogP contribution >= 0.6 is 11.6 Å². The van der Waals surface area contributed by atoms with Gasteiger partial charge in [-0.05, 0) is 38.5 Å². The molecule has 0 aliphatic carbocycles. The van der Waals surface area contributed by atoms with Crippen molar-refractivity contribution in [1.82, 2.24) is 0 Å². The number of fused-ring (bicyclic) bond motifs is 1. The lowest BCUT2D eigenvalue weighted by Crippen LogP contribution is -2.50. The number of halogens is 1. The summed E-state index contributed by atoms with van der Waals surface area (Å²) < 4.78 is 0. The van der Waals surface area contributed by atoms with E-state index in [1.54, 1.807) is 11.8 Å². The number of amides is 1. The van der Waals surface area contributed by atoms with Crippen molar-refractivity contribution in [3.8, 4) is 0 Å². The number of benzene rings is 1. The molecule has 92 valence electrons. The van der Waals surface area contributed by atoms with Crippen molar-refractivity contribution in [3.63, 3.8) is 0 Å². The highest BCUT2D eigenvalue weighted by molar-refractivity contribution is 6.32. The summed E-state index contributed by atoms with van der Waals surface area (Å²) in [6.07, 6.45) is 0. The van der Waals surface area contributed by atoms with Gasteiger partial charge in [-0.1, -0.05) is 11.6 Å². The van der Waals surface area contributed by atoms with Crippen LogP contribution in [0.2, 0.25) is 5.02 Å². The molecule has 0 radical (unpaired) electrons. The van der Waals surface area contributed by atoms with E-state index in [9.17, 15) is 4.79 Å². The van der Waals surface area contributed by atoms with Gasteiger partial charge in [-0.3, -0.25) is 4.79 Å². The van der Waals surface area contributed by atoms with Crippen molar-refractivity contribution in [3.05, 3.63) is 22.7 Å². The zero-order valence-corrected chi connectivity index (χ0v) is 11.4. The van der Waals surface area contributed by atoms with Gasteiger partial charge in [0, 0.05) is 24.0 Å². The zero-order chi connectivity index (χ0) is 12.8. The molecule has 1 aromatic rings. The monoisotopic (exact) mass is 252 g/mol. The Morgan fingerprint density at radius 2 is 2.12 bits per heavy atom. The average Bonchev–Trinajstić information content (AvgIpc) is 2.22. The second-order valence-corrected chi connectivity index (χ2v) is 5.59. The lowest BCUT2D eigenvalue weighted by Gasteiger charge is -2.41. The molecule has 1 aromatic carbocycles. The molecule has 0 spiro atoms. The second kappa shape index (κ2) is 3.91. The number of hydrogen-bond donors (Lipinski definition) is 1. The molecule has 1 amide bonds. The lowest BCUT2D eigenvalue weighted by molar-refractivity contribution is -0.116. The number of nitrogens with zero attached hydrogens (tertiary/aromatic N) is 1. The van der Waals surface area contributed by atoms with E-state index in [4.69, 9.17) is 11.6 Å². The average molecular weight is 253 g/mol. The molecule has 1 heterocycles. The van der Waals surface area contributed by atoms with Crippen molar-refractivity contribution in [2.45, 2.75) is 33.2 Å². The molecule has 1 aliphatic rings. The minimum absolute atomic E-state index is 0.0579. The van der Waals surface area contributed by atoms with Gasteiger partial charge in [0.25, 0.3) is 0 Å². The minimum atomic E-state index is -0.145. The van der Waals surface area contributed by atoms with E-state index in [0.29, 0.717) is 6.54 Å². The molecular formula is C13H17ClN2O. The normalized spacial score (nSPS) is 17.4. The van der Waals surface area contributed by atoms with Gasteiger partial charge in [0.05, 0.1) is 11.4 Å². The van der Waals surface area contributed by atoms with Gasteiger partial charge < -0.3 is 10.2 Å². The molecule has 0 fully saturated rings. The Balaban J connectivity index is 2.60. The van der Waals surface area contributed by atoms with E-state index in [-0.39, 0.29) is 11.4 Å². The van der Waals surface area contributed by atoms with Crippen LogP contribution < -0.4 is 10.2 Å². The number of hydrogen-bond acceptors (Lipinski definition) is 2. The topological polar surface area (TPSA) is 32.3 Å². The summed E-state index contributed by atoms with van der Waals surface area (Å²) >= 11 is 6.12. The molecule has 0 unspecified atom stereocenters. The lowest BCUT2D eigenvalue weighted by atomic mass is 9.97. The smallest absolute Gasteiger partial charge is 0.224 e. The summed E-state index contributed by atoms with van der Waals surface area (Å²) in [5.41, 5.74) is 2.72. The zero-order valence-electron chi connectivity index (χ0n) is 10.6. The largest absolute Gasteiger partial charge is 0.376 e. The molecule has 0 saturated carbocycles. The Morgan fingerprint density at radius 3 is 2.71 bits per heavy atom. The third kappa shape index (κ3) is 2.12. The van der Waals surface area contributed by atoms with Gasteiger partial charge in [-0.15, -0.1) is 0 Å². The maximum Gasteiger partial charge on any atom is 0.224 e. The van der Waals surface area contributed by atoms with Gasteiger partial charge in [-0.2, -0.15) is 0 Å². The van der Waals surface area contributed by atoms with Crippen molar-refractivity contribution in [1.29, 1.82) is 0 Å². The molecule has 3 nitrogen and oxygen atoms in total. The molecular weight excluding hydrogens is 236 g/mol. The Bertz CT molecular complexity index is 483. The molecule has 1 N–H and O–H groups in total. The Morgan fingerprint density at radius 1 is 1.47 bits per heavy atom. The first kappa shape index (κ1) is 12.2. The highest BCUT2D eigenvalue weighted by Gasteiger charge is 2.32. The molecule has 0 aromatic heterocycles. The summed E-state index contributed by atoms with van der Waals surface area (Å²) in [5.74, 6) is 0.0579. The van der Waals surface area contributed by atoms with Crippen molar-refractivity contribution in [2.75, 3.05) is 16.8 Å². The number of carbonyl (C=O) groups is 1. The van der Waals surface area contributed by atoms with Gasteiger partial charge in [0.1, 0.15) is 0 Å². The molecule has 17 heavy (non-hydrogen) atoms. The fourth-order valence-corrected chi connectivity index (χ4v) is 2.35. The molecule has 2 rings (SSSR count). The van der Waals surface area contributed by atoms with Crippen LogP contribution in [0, 0.1) is 6.92 Å². The van der Waals surface area contributed by atoms with Crippen LogP contribution in [-0.2, 0) is 4.79 Å². The van der Waals surface area contributed by atoms with Gasteiger partial charge >= 0.3 is 0 Å². The Kier molecular flexibility index (Phi) is 2.82. The van der Waals surface area contributed by atoms with Crippen LogP contribution in [0.5, 0.6) is 0 Å². The summed E-state index contributed by atoms with van der Waals surface area (Å²) in [7, 11) is 0. The second-order valence-electron chi connectivity index (χ2n) is 5.18. The Hall–Kier alpha value is -1.22. The quantitative estimate of drug-likeness (QED) is 0.769. The van der Waals surface area contributed by atoms with Gasteiger partial charge in [-0.25, -0.2) is 0 Å². The van der Waals surface area contributed by atoms with Crippen LogP contribution in [0.3, 0.4) is 0 Å². The molecule has 0 bridgehead atoms. The predicted molar refractivity (Wildman–Crippen MR) is 71.9 cm³/mol. The highest BCUT2D eigenvalue weighted by atomic mass is 35.5. The number of carbonyl (C=O) groups excluding carboxylic acids is 1. The van der Waals surface area contributed by atoms with Crippen LogP contribution in [0.1, 0.15) is 26.3 Å². The van der Waals surface area contributed by atoms with E-state index in [2.05, 4.69) is 19.2 Å².